The molecular weight excluding hydrogens is 450 g/mol. The van der Waals surface area contributed by atoms with Gasteiger partial charge in [0.2, 0.25) is 10.0 Å². The molecule has 0 bridgehead atoms. The van der Waals surface area contributed by atoms with Crippen molar-refractivity contribution in [3.05, 3.63) is 42.0 Å². The van der Waals surface area contributed by atoms with E-state index in [2.05, 4.69) is 0 Å². The molecule has 0 radical (unpaired) electrons. The molecule has 1 saturated heterocycles. The minimum absolute atomic E-state index is 0.0942. The molecule has 2 aliphatic rings. The molecule has 2 heterocycles. The normalized spacial score (nSPS) is 19.0. The van der Waals surface area contributed by atoms with Gasteiger partial charge in [0.1, 0.15) is 6.61 Å². The van der Waals surface area contributed by atoms with Crippen molar-refractivity contribution in [3.63, 3.8) is 0 Å². The highest BCUT2D eigenvalue weighted by Gasteiger charge is 2.47. The molecule has 0 saturated carbocycles. The van der Waals surface area contributed by atoms with Crippen LogP contribution < -0.4 is 5.48 Å². The van der Waals surface area contributed by atoms with E-state index in [4.69, 9.17) is 9.47 Å². The summed E-state index contributed by atoms with van der Waals surface area (Å²) in [6, 6.07) is 9.79. The van der Waals surface area contributed by atoms with Crippen LogP contribution >= 0.6 is 0 Å². The van der Waals surface area contributed by atoms with E-state index < -0.39 is 33.2 Å². The van der Waals surface area contributed by atoms with E-state index in [-0.39, 0.29) is 45.7 Å². The molecule has 1 fully saturated rings. The summed E-state index contributed by atoms with van der Waals surface area (Å²) < 4.78 is 37.8. The predicted molar refractivity (Wildman–Crippen MR) is 121 cm³/mol. The average Bonchev–Trinajstić information content (AvgIpc) is 2.84. The van der Waals surface area contributed by atoms with Gasteiger partial charge in [-0.3, -0.25) is 10.0 Å². The standard InChI is InChI=1S/C22H31N3O7S/c1-31-15-16-32-21(27)24-13-9-22(10-14-24,20(26)23-28)17-33(29,30)25-11-7-19(8-12-25)18-5-3-2-4-6-18/h2-7,28H,8-17H2,1H3,(H,23,26). The largest absolute Gasteiger partial charge is 0.447 e. The van der Waals surface area contributed by atoms with Crippen molar-refractivity contribution < 1.29 is 32.7 Å². The topological polar surface area (TPSA) is 125 Å². The van der Waals surface area contributed by atoms with E-state index in [1.807, 2.05) is 36.4 Å². The number of sulfonamides is 1. The third-order valence-electron chi connectivity index (χ3n) is 6.24. The van der Waals surface area contributed by atoms with E-state index in [1.54, 1.807) is 5.48 Å². The first-order chi connectivity index (χ1) is 15.8. The van der Waals surface area contributed by atoms with Crippen LogP contribution in [-0.4, -0.2) is 87.1 Å². The number of hydrogen-bond acceptors (Lipinski definition) is 7. The van der Waals surface area contributed by atoms with Gasteiger partial charge in [-0.1, -0.05) is 36.4 Å². The molecular formula is C22H31N3O7S. The zero-order valence-electron chi connectivity index (χ0n) is 18.7. The maximum atomic E-state index is 13.2. The maximum absolute atomic E-state index is 13.2. The quantitative estimate of drug-likeness (QED) is 0.327. The fourth-order valence-corrected chi connectivity index (χ4v) is 6.21. The number of hydroxylamine groups is 1. The Hall–Kier alpha value is -2.47. The molecule has 0 spiro atoms. The first-order valence-electron chi connectivity index (χ1n) is 10.9. The molecule has 2 aliphatic heterocycles. The lowest BCUT2D eigenvalue weighted by molar-refractivity contribution is -0.141. The molecule has 0 atom stereocenters. The van der Waals surface area contributed by atoms with Crippen molar-refractivity contribution >= 4 is 27.6 Å². The maximum Gasteiger partial charge on any atom is 0.409 e. The number of piperidine rings is 1. The summed E-state index contributed by atoms with van der Waals surface area (Å²) in [4.78, 5) is 26.2. The van der Waals surface area contributed by atoms with Crippen LogP contribution in [0.5, 0.6) is 0 Å². The zero-order chi connectivity index (χ0) is 23.9. The first kappa shape index (κ1) is 25.2. The summed E-state index contributed by atoms with van der Waals surface area (Å²) >= 11 is 0. The van der Waals surface area contributed by atoms with Crippen molar-refractivity contribution in [3.8, 4) is 0 Å². The average molecular weight is 482 g/mol. The number of nitrogens with zero attached hydrogens (tertiary/aromatic N) is 2. The number of hydrogen-bond donors (Lipinski definition) is 2. The molecule has 0 aliphatic carbocycles. The molecule has 0 unspecified atom stereocenters. The van der Waals surface area contributed by atoms with Crippen LogP contribution in [0.4, 0.5) is 4.79 Å². The van der Waals surface area contributed by atoms with Gasteiger partial charge < -0.3 is 14.4 Å². The van der Waals surface area contributed by atoms with Crippen LogP contribution in [0.2, 0.25) is 0 Å². The number of rotatable bonds is 8. The Labute approximate surface area is 194 Å². The van der Waals surface area contributed by atoms with Crippen LogP contribution in [0.1, 0.15) is 24.8 Å². The second-order valence-corrected chi connectivity index (χ2v) is 10.2. The molecule has 2 amide bonds. The van der Waals surface area contributed by atoms with Crippen LogP contribution in [0.25, 0.3) is 5.57 Å². The monoisotopic (exact) mass is 481 g/mol. The summed E-state index contributed by atoms with van der Waals surface area (Å²) in [6.45, 7) is 1.21. The number of carbonyl (C=O) groups excluding carboxylic acids is 2. The number of benzene rings is 1. The molecule has 1 aromatic carbocycles. The number of likely N-dealkylation sites (tertiary alicyclic amines) is 1. The third-order valence-corrected chi connectivity index (χ3v) is 8.28. The van der Waals surface area contributed by atoms with E-state index in [0.717, 1.165) is 11.1 Å². The molecule has 182 valence electrons. The number of methoxy groups -OCH3 is 1. The van der Waals surface area contributed by atoms with Gasteiger partial charge >= 0.3 is 6.09 Å². The van der Waals surface area contributed by atoms with Gasteiger partial charge in [-0.2, -0.15) is 4.31 Å². The van der Waals surface area contributed by atoms with E-state index in [9.17, 15) is 23.2 Å². The van der Waals surface area contributed by atoms with Crippen molar-refractivity contribution in [2.75, 3.05) is 52.3 Å². The van der Waals surface area contributed by atoms with E-state index >= 15 is 0 Å². The Morgan fingerprint density at radius 2 is 1.82 bits per heavy atom. The Balaban J connectivity index is 1.66. The van der Waals surface area contributed by atoms with Gasteiger partial charge in [-0.05, 0) is 30.4 Å². The molecule has 33 heavy (non-hydrogen) atoms. The van der Waals surface area contributed by atoms with E-state index in [1.165, 1.54) is 16.3 Å². The number of nitrogens with one attached hydrogen (secondary N) is 1. The smallest absolute Gasteiger partial charge is 0.409 e. The van der Waals surface area contributed by atoms with Gasteiger partial charge in [0.15, 0.2) is 0 Å². The first-order valence-corrected chi connectivity index (χ1v) is 12.5. The second-order valence-electron chi connectivity index (χ2n) is 8.28. The zero-order valence-corrected chi connectivity index (χ0v) is 19.6. The van der Waals surface area contributed by atoms with Gasteiger partial charge in [-0.25, -0.2) is 18.7 Å². The Morgan fingerprint density at radius 3 is 2.39 bits per heavy atom. The number of amides is 2. The molecule has 11 heteroatoms. The van der Waals surface area contributed by atoms with Crippen molar-refractivity contribution in [1.82, 2.24) is 14.7 Å². The second kappa shape index (κ2) is 11.1. The Bertz CT molecular complexity index is 957. The number of carbonyl (C=O) groups is 2. The van der Waals surface area contributed by atoms with Gasteiger partial charge in [0.25, 0.3) is 5.91 Å². The lowest BCUT2D eigenvalue weighted by Gasteiger charge is -2.40. The number of ether oxygens (including phenoxy) is 2. The summed E-state index contributed by atoms with van der Waals surface area (Å²) in [5.74, 6) is -1.19. The fourth-order valence-electron chi connectivity index (χ4n) is 4.23. The van der Waals surface area contributed by atoms with Crippen molar-refractivity contribution in [1.29, 1.82) is 0 Å². The Kier molecular flexibility index (Phi) is 8.46. The predicted octanol–water partition coefficient (Wildman–Crippen LogP) is 1.48. The van der Waals surface area contributed by atoms with E-state index in [0.29, 0.717) is 13.0 Å². The lowest BCUT2D eigenvalue weighted by atomic mass is 9.79. The van der Waals surface area contributed by atoms with Gasteiger partial charge in [0, 0.05) is 33.3 Å². The third kappa shape index (κ3) is 6.11. The highest BCUT2D eigenvalue weighted by Crippen LogP contribution is 2.35. The summed E-state index contributed by atoms with van der Waals surface area (Å²) in [5.41, 5.74) is 2.45. The summed E-state index contributed by atoms with van der Waals surface area (Å²) in [7, 11) is -2.29. The summed E-state index contributed by atoms with van der Waals surface area (Å²) in [6.07, 6.45) is 2.12. The minimum Gasteiger partial charge on any atom is -0.447 e. The lowest BCUT2D eigenvalue weighted by Crippen LogP contribution is -2.54. The van der Waals surface area contributed by atoms with Crippen LogP contribution in [-0.2, 0) is 24.3 Å². The highest BCUT2D eigenvalue weighted by atomic mass is 32.2. The molecule has 0 aromatic heterocycles. The molecule has 1 aromatic rings. The van der Waals surface area contributed by atoms with Crippen LogP contribution in [0.3, 0.4) is 0 Å². The van der Waals surface area contributed by atoms with Crippen LogP contribution in [0, 0.1) is 5.41 Å². The Morgan fingerprint density at radius 1 is 1.12 bits per heavy atom. The summed E-state index contributed by atoms with van der Waals surface area (Å²) in [5, 5.41) is 9.30. The van der Waals surface area contributed by atoms with Gasteiger partial charge in [0.05, 0.1) is 17.8 Å². The minimum atomic E-state index is -3.79. The van der Waals surface area contributed by atoms with Crippen molar-refractivity contribution in [2.24, 2.45) is 5.41 Å². The highest BCUT2D eigenvalue weighted by molar-refractivity contribution is 7.89. The van der Waals surface area contributed by atoms with Crippen molar-refractivity contribution in [2.45, 2.75) is 19.3 Å². The fraction of sp³-hybridized carbons (Fsp3) is 0.545. The SMILES string of the molecule is COCCOC(=O)N1CCC(CS(=O)(=O)N2CC=C(c3ccccc3)CC2)(C(=O)NO)CC1. The van der Waals surface area contributed by atoms with Gasteiger partial charge in [-0.15, -0.1) is 0 Å². The van der Waals surface area contributed by atoms with Crippen LogP contribution in [0.15, 0.2) is 36.4 Å². The molecule has 3 rings (SSSR count). The molecule has 2 N–H and O–H groups in total. The molecule has 10 nitrogen and oxygen atoms in total.